The van der Waals surface area contributed by atoms with Gasteiger partial charge in [0.05, 0.1) is 22.6 Å². The van der Waals surface area contributed by atoms with Gasteiger partial charge in [0.2, 0.25) is 6.71 Å². The summed E-state index contributed by atoms with van der Waals surface area (Å²) in [6.45, 7) is 0.113. The quantitative estimate of drug-likeness (QED) is 0.209. The fraction of sp³-hybridized carbons (Fsp3) is 0. The summed E-state index contributed by atoms with van der Waals surface area (Å²) < 4.78 is 0. The Labute approximate surface area is 243 Å². The Morgan fingerprint density at radius 2 is 1.17 bits per heavy atom. The maximum atomic E-state index is 4.76. The molecule has 0 unspecified atom stereocenters. The number of pyridine rings is 1. The molecule has 0 saturated carbocycles. The van der Waals surface area contributed by atoms with Crippen molar-refractivity contribution in [3.63, 3.8) is 0 Å². The molecule has 7 aromatic rings. The van der Waals surface area contributed by atoms with Crippen molar-refractivity contribution in [2.45, 2.75) is 9.79 Å². The molecule has 41 heavy (non-hydrogen) atoms. The van der Waals surface area contributed by atoms with Crippen LogP contribution in [0.15, 0.2) is 149 Å². The number of nitrogens with zero attached hydrogens (tertiary/aromatic N) is 2. The van der Waals surface area contributed by atoms with Gasteiger partial charge in [0, 0.05) is 26.8 Å². The Morgan fingerprint density at radius 3 is 2.00 bits per heavy atom. The van der Waals surface area contributed by atoms with Crippen LogP contribution in [0.3, 0.4) is 0 Å². The van der Waals surface area contributed by atoms with E-state index in [4.69, 9.17) is 4.98 Å². The Hall–Kier alpha value is -4.80. The lowest BCUT2D eigenvalue weighted by atomic mass is 9.33. The van der Waals surface area contributed by atoms with Crippen LogP contribution < -0.4 is 21.3 Å². The van der Waals surface area contributed by atoms with Crippen LogP contribution in [-0.2, 0) is 0 Å². The highest BCUT2D eigenvalue weighted by Crippen LogP contribution is 2.52. The van der Waals surface area contributed by atoms with Gasteiger partial charge in [0.25, 0.3) is 0 Å². The minimum atomic E-state index is 0.113. The molecule has 2 aliphatic rings. The minimum Gasteiger partial charge on any atom is -0.308 e. The highest BCUT2D eigenvalue weighted by Gasteiger charge is 2.34. The van der Waals surface area contributed by atoms with Gasteiger partial charge >= 0.3 is 0 Å². The summed E-state index contributed by atoms with van der Waals surface area (Å²) in [6.07, 6.45) is 1.94. The van der Waals surface area contributed by atoms with Crippen LogP contribution in [0.25, 0.3) is 32.8 Å². The molecule has 0 fully saturated rings. The van der Waals surface area contributed by atoms with Gasteiger partial charge in [-0.05, 0) is 59.0 Å². The SMILES string of the molecule is c1ccc2c(c1)Sc1ccccc1N2c1ccc(B2c3ccccc3-c3ccnc4cccc2c34)c2ccccc12. The third kappa shape index (κ3) is 3.32. The Bertz CT molecular complexity index is 2120. The number of para-hydroxylation sites is 2. The molecule has 0 bridgehead atoms. The van der Waals surface area contributed by atoms with E-state index >= 15 is 0 Å². The van der Waals surface area contributed by atoms with Crippen LogP contribution in [0, 0.1) is 0 Å². The minimum absolute atomic E-state index is 0.113. The second-order valence-corrected chi connectivity index (χ2v) is 11.8. The van der Waals surface area contributed by atoms with E-state index in [9.17, 15) is 0 Å². The second-order valence-electron chi connectivity index (χ2n) is 10.7. The van der Waals surface area contributed by atoms with Crippen LogP contribution in [0.1, 0.15) is 0 Å². The lowest BCUT2D eigenvalue weighted by Crippen LogP contribution is -2.55. The molecule has 1 aromatic heterocycles. The van der Waals surface area contributed by atoms with Crippen molar-refractivity contribution in [1.29, 1.82) is 0 Å². The first-order valence-corrected chi connectivity index (χ1v) is 14.8. The standard InChI is InChI=1S/C37H23BN2S/c1-2-12-26-24(10-1)29(20-21-32(26)40-33-16-5-7-18-35(33)41-36-19-8-6-17-34(36)40)38-28-13-4-3-11-25(28)27-22-23-39-31-15-9-14-30(38)37(27)31/h1-23H. The van der Waals surface area contributed by atoms with Crippen molar-refractivity contribution < 1.29 is 0 Å². The molecule has 6 aromatic carbocycles. The van der Waals surface area contributed by atoms with E-state index in [0.29, 0.717) is 0 Å². The van der Waals surface area contributed by atoms with Crippen LogP contribution in [0.4, 0.5) is 17.1 Å². The predicted molar refractivity (Wildman–Crippen MR) is 175 cm³/mol. The molecule has 0 atom stereocenters. The molecular weight excluding hydrogens is 515 g/mol. The third-order valence-corrected chi connectivity index (χ3v) is 9.72. The summed E-state index contributed by atoms with van der Waals surface area (Å²) in [7, 11) is 0. The fourth-order valence-corrected chi connectivity index (χ4v) is 7.97. The van der Waals surface area contributed by atoms with Crippen molar-refractivity contribution in [2.75, 3.05) is 4.90 Å². The van der Waals surface area contributed by atoms with E-state index in [1.807, 2.05) is 18.0 Å². The first-order chi connectivity index (χ1) is 20.4. The van der Waals surface area contributed by atoms with Gasteiger partial charge in [-0.15, -0.1) is 0 Å². The van der Waals surface area contributed by atoms with Crippen molar-refractivity contribution >= 4 is 73.6 Å². The van der Waals surface area contributed by atoms with Crippen molar-refractivity contribution in [1.82, 2.24) is 4.98 Å². The van der Waals surface area contributed by atoms with Crippen LogP contribution in [0.5, 0.6) is 0 Å². The first kappa shape index (κ1) is 23.0. The van der Waals surface area contributed by atoms with Gasteiger partial charge in [0.1, 0.15) is 0 Å². The number of anilines is 3. The zero-order chi connectivity index (χ0) is 26.9. The Kier molecular flexibility index (Phi) is 4.96. The van der Waals surface area contributed by atoms with Crippen molar-refractivity contribution in [3.05, 3.63) is 140 Å². The zero-order valence-electron chi connectivity index (χ0n) is 22.2. The molecule has 0 aliphatic carbocycles. The Balaban J connectivity index is 1.33. The number of fused-ring (bicyclic) bond motifs is 5. The molecule has 190 valence electrons. The smallest absolute Gasteiger partial charge is 0.243 e. The monoisotopic (exact) mass is 538 g/mol. The van der Waals surface area contributed by atoms with E-state index in [1.54, 1.807) is 0 Å². The number of aromatic nitrogens is 1. The normalized spacial score (nSPS) is 13.2. The van der Waals surface area contributed by atoms with Gasteiger partial charge in [-0.2, -0.15) is 0 Å². The highest BCUT2D eigenvalue weighted by molar-refractivity contribution is 7.99. The molecular formula is C37H23BN2S. The number of benzene rings is 6. The summed E-state index contributed by atoms with van der Waals surface area (Å²) in [6, 6.07) is 48.8. The van der Waals surface area contributed by atoms with Gasteiger partial charge in [-0.1, -0.05) is 119 Å². The summed E-state index contributed by atoms with van der Waals surface area (Å²) in [5, 5.41) is 3.80. The molecule has 0 spiro atoms. The summed E-state index contributed by atoms with van der Waals surface area (Å²) in [4.78, 5) is 9.75. The zero-order valence-corrected chi connectivity index (χ0v) is 23.0. The Morgan fingerprint density at radius 1 is 0.488 bits per heavy atom. The second kappa shape index (κ2) is 8.85. The molecule has 4 heteroatoms. The molecule has 0 saturated heterocycles. The highest BCUT2D eigenvalue weighted by atomic mass is 32.2. The topological polar surface area (TPSA) is 16.1 Å². The van der Waals surface area contributed by atoms with Crippen LogP contribution in [-0.4, -0.2) is 11.7 Å². The van der Waals surface area contributed by atoms with E-state index in [1.165, 1.54) is 70.5 Å². The van der Waals surface area contributed by atoms with Gasteiger partial charge in [-0.25, -0.2) is 0 Å². The van der Waals surface area contributed by atoms with E-state index in [0.717, 1.165) is 5.52 Å². The fourth-order valence-electron chi connectivity index (χ4n) is 6.91. The van der Waals surface area contributed by atoms with Gasteiger partial charge in [-0.3, -0.25) is 4.98 Å². The van der Waals surface area contributed by atoms with Gasteiger partial charge < -0.3 is 4.90 Å². The molecule has 2 nitrogen and oxygen atoms in total. The first-order valence-electron chi connectivity index (χ1n) is 14.0. The molecule has 0 N–H and O–H groups in total. The molecule has 0 radical (unpaired) electrons. The van der Waals surface area contributed by atoms with E-state index < -0.39 is 0 Å². The summed E-state index contributed by atoms with van der Waals surface area (Å²) in [5.41, 5.74) is 11.3. The maximum Gasteiger partial charge on any atom is 0.243 e. The van der Waals surface area contributed by atoms with Crippen LogP contribution in [0.2, 0.25) is 0 Å². The lowest BCUT2D eigenvalue weighted by Gasteiger charge is -2.34. The lowest BCUT2D eigenvalue weighted by molar-refractivity contribution is 1.17. The predicted octanol–water partition coefficient (Wildman–Crippen LogP) is 7.82. The maximum absolute atomic E-state index is 4.76. The largest absolute Gasteiger partial charge is 0.308 e. The molecule has 0 amide bonds. The van der Waals surface area contributed by atoms with Crippen molar-refractivity contribution in [2.24, 2.45) is 0 Å². The third-order valence-electron chi connectivity index (χ3n) is 8.59. The number of rotatable bonds is 2. The van der Waals surface area contributed by atoms with Gasteiger partial charge in [0.15, 0.2) is 0 Å². The summed E-state index contributed by atoms with van der Waals surface area (Å²) in [5.74, 6) is 0. The number of hydrogen-bond acceptors (Lipinski definition) is 3. The average molecular weight is 538 g/mol. The molecule has 3 heterocycles. The van der Waals surface area contributed by atoms with E-state index in [2.05, 4.69) is 138 Å². The molecule has 2 aliphatic heterocycles. The van der Waals surface area contributed by atoms with Crippen LogP contribution >= 0.6 is 11.8 Å². The van der Waals surface area contributed by atoms with E-state index in [-0.39, 0.29) is 6.71 Å². The molecule has 9 rings (SSSR count). The average Bonchev–Trinajstić information content (AvgIpc) is 3.04. The number of hydrogen-bond donors (Lipinski definition) is 0. The van der Waals surface area contributed by atoms with Crippen molar-refractivity contribution in [3.8, 4) is 11.1 Å². The summed E-state index contributed by atoms with van der Waals surface area (Å²) >= 11 is 1.85.